The average molecular weight is 287 g/mol. The second-order valence-corrected chi connectivity index (χ2v) is 4.70. The van der Waals surface area contributed by atoms with Gasteiger partial charge in [-0.2, -0.15) is 0 Å². The molecule has 0 aliphatic rings. The number of ether oxygens (including phenoxy) is 1. The molecule has 0 saturated heterocycles. The SMILES string of the molecule is O=C(O)CCN(CCOCCO)C(=O)c1cccs1. The van der Waals surface area contributed by atoms with Crippen LogP contribution in [0.2, 0.25) is 0 Å². The first kappa shape index (κ1) is 15.6. The van der Waals surface area contributed by atoms with Crippen molar-refractivity contribution in [2.75, 3.05) is 32.9 Å². The van der Waals surface area contributed by atoms with Crippen LogP contribution in [0, 0.1) is 0 Å². The van der Waals surface area contributed by atoms with E-state index in [2.05, 4.69) is 0 Å². The van der Waals surface area contributed by atoms with E-state index in [9.17, 15) is 9.59 Å². The van der Waals surface area contributed by atoms with Crippen LogP contribution in [-0.2, 0) is 9.53 Å². The first-order chi connectivity index (χ1) is 9.15. The first-order valence-corrected chi connectivity index (χ1v) is 6.76. The van der Waals surface area contributed by atoms with Gasteiger partial charge in [-0.25, -0.2) is 0 Å². The fourth-order valence-electron chi connectivity index (χ4n) is 1.44. The van der Waals surface area contributed by atoms with E-state index in [1.807, 2.05) is 0 Å². The van der Waals surface area contributed by atoms with E-state index in [-0.39, 0.29) is 38.7 Å². The Morgan fingerprint density at radius 3 is 2.68 bits per heavy atom. The highest BCUT2D eigenvalue weighted by molar-refractivity contribution is 7.12. The fraction of sp³-hybridized carbons (Fsp3) is 0.500. The number of hydrogen-bond acceptors (Lipinski definition) is 5. The van der Waals surface area contributed by atoms with Gasteiger partial charge in [0.05, 0.1) is 31.1 Å². The van der Waals surface area contributed by atoms with Crippen LogP contribution in [0.4, 0.5) is 0 Å². The van der Waals surface area contributed by atoms with Crippen molar-refractivity contribution in [2.45, 2.75) is 6.42 Å². The Kier molecular flexibility index (Phi) is 7.09. The molecule has 1 aromatic heterocycles. The van der Waals surface area contributed by atoms with Gasteiger partial charge in [-0.1, -0.05) is 6.07 Å². The second kappa shape index (κ2) is 8.63. The summed E-state index contributed by atoms with van der Waals surface area (Å²) in [6.45, 7) is 0.865. The summed E-state index contributed by atoms with van der Waals surface area (Å²) in [6, 6.07) is 3.48. The standard InChI is InChI=1S/C12H17NO5S/c14-6-8-18-7-5-13(4-3-11(15)16)12(17)10-2-1-9-19-10/h1-2,9,14H,3-8H2,(H,15,16). The van der Waals surface area contributed by atoms with E-state index in [4.69, 9.17) is 14.9 Å². The number of rotatable bonds is 9. The Balaban J connectivity index is 2.52. The molecule has 0 atom stereocenters. The lowest BCUT2D eigenvalue weighted by molar-refractivity contribution is -0.137. The number of aliphatic hydroxyl groups excluding tert-OH is 1. The summed E-state index contributed by atoms with van der Waals surface area (Å²) < 4.78 is 5.10. The van der Waals surface area contributed by atoms with Gasteiger partial charge < -0.3 is 19.8 Å². The van der Waals surface area contributed by atoms with Crippen molar-refractivity contribution in [3.05, 3.63) is 22.4 Å². The van der Waals surface area contributed by atoms with E-state index < -0.39 is 5.97 Å². The van der Waals surface area contributed by atoms with Crippen LogP contribution in [0.25, 0.3) is 0 Å². The minimum Gasteiger partial charge on any atom is -0.481 e. The Labute approximate surface area is 115 Å². The van der Waals surface area contributed by atoms with Crippen molar-refractivity contribution >= 4 is 23.2 Å². The highest BCUT2D eigenvalue weighted by Crippen LogP contribution is 2.12. The lowest BCUT2D eigenvalue weighted by Crippen LogP contribution is -2.35. The summed E-state index contributed by atoms with van der Waals surface area (Å²) in [6.07, 6.45) is -0.100. The number of aliphatic hydroxyl groups is 1. The Hall–Kier alpha value is -1.44. The first-order valence-electron chi connectivity index (χ1n) is 5.88. The van der Waals surface area contributed by atoms with Crippen LogP contribution in [0.3, 0.4) is 0 Å². The number of aliphatic carboxylic acids is 1. The zero-order valence-corrected chi connectivity index (χ0v) is 11.3. The largest absolute Gasteiger partial charge is 0.481 e. The van der Waals surface area contributed by atoms with E-state index >= 15 is 0 Å². The molecule has 1 aromatic rings. The van der Waals surface area contributed by atoms with Gasteiger partial charge in [-0.3, -0.25) is 9.59 Å². The minimum atomic E-state index is -0.944. The van der Waals surface area contributed by atoms with Crippen molar-refractivity contribution < 1.29 is 24.5 Å². The normalized spacial score (nSPS) is 10.4. The third-order valence-electron chi connectivity index (χ3n) is 2.36. The molecule has 0 aromatic carbocycles. The fourth-order valence-corrected chi connectivity index (χ4v) is 2.13. The molecule has 7 heteroatoms. The molecule has 0 fully saturated rings. The van der Waals surface area contributed by atoms with Crippen LogP contribution in [0.5, 0.6) is 0 Å². The van der Waals surface area contributed by atoms with Crippen LogP contribution in [0.15, 0.2) is 17.5 Å². The topological polar surface area (TPSA) is 87.1 Å². The van der Waals surface area contributed by atoms with Crippen molar-refractivity contribution in [3.63, 3.8) is 0 Å². The van der Waals surface area contributed by atoms with E-state index in [0.717, 1.165) is 0 Å². The molecule has 19 heavy (non-hydrogen) atoms. The molecule has 0 radical (unpaired) electrons. The smallest absolute Gasteiger partial charge is 0.305 e. The zero-order valence-electron chi connectivity index (χ0n) is 10.4. The molecule has 106 valence electrons. The maximum atomic E-state index is 12.1. The molecule has 2 N–H and O–H groups in total. The summed E-state index contributed by atoms with van der Waals surface area (Å²) in [5.41, 5.74) is 0. The summed E-state index contributed by atoms with van der Waals surface area (Å²) in [4.78, 5) is 24.7. The van der Waals surface area contributed by atoms with Gasteiger partial charge in [0.25, 0.3) is 5.91 Å². The predicted octanol–water partition coefficient (Wildman–Crippen LogP) is 0.674. The van der Waals surface area contributed by atoms with Crippen molar-refractivity contribution in [2.24, 2.45) is 0 Å². The third-order valence-corrected chi connectivity index (χ3v) is 3.21. The highest BCUT2D eigenvalue weighted by Gasteiger charge is 2.17. The van der Waals surface area contributed by atoms with Crippen molar-refractivity contribution in [1.29, 1.82) is 0 Å². The van der Waals surface area contributed by atoms with Gasteiger partial charge in [0.15, 0.2) is 0 Å². The molecule has 0 aliphatic heterocycles. The highest BCUT2D eigenvalue weighted by atomic mass is 32.1. The Morgan fingerprint density at radius 1 is 1.32 bits per heavy atom. The summed E-state index contributed by atoms with van der Waals surface area (Å²) in [5.74, 6) is -1.14. The van der Waals surface area contributed by atoms with Gasteiger partial charge in [0.2, 0.25) is 0 Å². The molecular weight excluding hydrogens is 270 g/mol. The maximum absolute atomic E-state index is 12.1. The Bertz CT molecular complexity index is 393. The summed E-state index contributed by atoms with van der Waals surface area (Å²) in [5, 5.41) is 19.1. The Morgan fingerprint density at radius 2 is 2.11 bits per heavy atom. The van der Waals surface area contributed by atoms with Crippen LogP contribution in [-0.4, -0.2) is 59.9 Å². The van der Waals surface area contributed by atoms with Crippen LogP contribution < -0.4 is 0 Å². The summed E-state index contributed by atoms with van der Waals surface area (Å²) in [7, 11) is 0. The molecule has 0 unspecified atom stereocenters. The average Bonchev–Trinajstić information content (AvgIpc) is 2.90. The number of hydrogen-bond donors (Lipinski definition) is 2. The number of amides is 1. The molecular formula is C12H17NO5S. The van der Waals surface area contributed by atoms with E-state index in [1.54, 1.807) is 17.5 Å². The molecule has 1 amide bonds. The van der Waals surface area contributed by atoms with E-state index in [0.29, 0.717) is 11.4 Å². The van der Waals surface area contributed by atoms with Gasteiger partial charge in [0.1, 0.15) is 0 Å². The lowest BCUT2D eigenvalue weighted by Gasteiger charge is -2.21. The second-order valence-electron chi connectivity index (χ2n) is 3.75. The molecule has 0 bridgehead atoms. The van der Waals surface area contributed by atoms with Crippen molar-refractivity contribution in [3.8, 4) is 0 Å². The van der Waals surface area contributed by atoms with Gasteiger partial charge >= 0.3 is 5.97 Å². The molecule has 0 aliphatic carbocycles. The van der Waals surface area contributed by atoms with Crippen LogP contribution in [0.1, 0.15) is 16.1 Å². The summed E-state index contributed by atoms with van der Waals surface area (Å²) >= 11 is 1.32. The van der Waals surface area contributed by atoms with Crippen LogP contribution >= 0.6 is 11.3 Å². The molecule has 1 heterocycles. The number of thiophene rings is 1. The number of carboxylic acids is 1. The minimum absolute atomic E-state index is 0.0754. The molecule has 6 nitrogen and oxygen atoms in total. The van der Waals surface area contributed by atoms with Gasteiger partial charge in [-0.15, -0.1) is 11.3 Å². The number of carbonyl (C=O) groups is 2. The van der Waals surface area contributed by atoms with Gasteiger partial charge in [-0.05, 0) is 11.4 Å². The van der Waals surface area contributed by atoms with Gasteiger partial charge in [0, 0.05) is 13.1 Å². The quantitative estimate of drug-likeness (QED) is 0.652. The van der Waals surface area contributed by atoms with Crippen molar-refractivity contribution in [1.82, 2.24) is 4.90 Å². The van der Waals surface area contributed by atoms with E-state index in [1.165, 1.54) is 16.2 Å². The third kappa shape index (κ3) is 5.82. The maximum Gasteiger partial charge on any atom is 0.305 e. The molecule has 1 rings (SSSR count). The monoisotopic (exact) mass is 287 g/mol. The molecule has 0 saturated carbocycles. The number of nitrogens with zero attached hydrogens (tertiary/aromatic N) is 1. The predicted molar refractivity (Wildman–Crippen MR) is 70.4 cm³/mol. The zero-order chi connectivity index (χ0) is 14.1. The lowest BCUT2D eigenvalue weighted by atomic mass is 10.3. The number of carbonyl (C=O) groups excluding carboxylic acids is 1. The molecule has 0 spiro atoms. The number of carboxylic acid groups (broad SMARTS) is 1.